The summed E-state index contributed by atoms with van der Waals surface area (Å²) in [5.41, 5.74) is 6.94. The van der Waals surface area contributed by atoms with E-state index in [9.17, 15) is 0 Å². The quantitative estimate of drug-likeness (QED) is 0.907. The van der Waals surface area contributed by atoms with E-state index in [2.05, 4.69) is 46.1 Å². The molecule has 0 aliphatic carbocycles. The van der Waals surface area contributed by atoms with Crippen molar-refractivity contribution in [2.45, 2.75) is 17.4 Å². The summed E-state index contributed by atoms with van der Waals surface area (Å²) in [5.74, 6) is 1.14. The van der Waals surface area contributed by atoms with Gasteiger partial charge in [-0.15, -0.1) is 11.8 Å². The molecule has 2 N–H and O–H groups in total. The van der Waals surface area contributed by atoms with Gasteiger partial charge in [-0.25, -0.2) is 0 Å². The Bertz CT molecular complexity index is 356. The van der Waals surface area contributed by atoms with E-state index < -0.39 is 0 Å². The first-order valence-electron chi connectivity index (χ1n) is 5.08. The molecule has 0 spiro atoms. The van der Waals surface area contributed by atoms with Crippen molar-refractivity contribution < 1.29 is 0 Å². The lowest BCUT2D eigenvalue weighted by Crippen LogP contribution is -2.38. The minimum Gasteiger partial charge on any atom is -0.369 e. The highest BCUT2D eigenvalue weighted by Gasteiger charge is 2.24. The van der Waals surface area contributed by atoms with Crippen molar-refractivity contribution in [2.24, 2.45) is 5.73 Å². The molecule has 2 nitrogen and oxygen atoms in total. The third-order valence-corrected chi connectivity index (χ3v) is 4.61. The molecule has 0 fully saturated rings. The zero-order valence-electron chi connectivity index (χ0n) is 8.74. The van der Waals surface area contributed by atoms with Crippen LogP contribution in [-0.4, -0.2) is 25.4 Å². The summed E-state index contributed by atoms with van der Waals surface area (Å²) < 4.78 is 1.18. The summed E-state index contributed by atoms with van der Waals surface area (Å²) in [6, 6.07) is 6.93. The molecule has 1 unspecified atom stereocenters. The molecule has 0 aromatic heterocycles. The van der Waals surface area contributed by atoms with Crippen LogP contribution in [0.1, 0.15) is 6.42 Å². The second kappa shape index (κ2) is 4.76. The van der Waals surface area contributed by atoms with E-state index >= 15 is 0 Å². The Morgan fingerprint density at radius 2 is 2.40 bits per heavy atom. The van der Waals surface area contributed by atoms with Crippen molar-refractivity contribution in [1.29, 1.82) is 0 Å². The van der Waals surface area contributed by atoms with Crippen LogP contribution in [0.3, 0.4) is 0 Å². The average molecular weight is 287 g/mol. The van der Waals surface area contributed by atoms with Gasteiger partial charge in [-0.3, -0.25) is 0 Å². The fourth-order valence-corrected chi connectivity index (χ4v) is 4.01. The number of nitrogens with zero attached hydrogens (tertiary/aromatic N) is 1. The first-order valence-corrected chi connectivity index (χ1v) is 6.86. The standard InChI is InChI=1S/C11H15BrN2S/c1-14-8(5-6-13)7-15-10-4-2-3-9(12)11(10)14/h2-4,8H,5-7,13H2,1H3. The van der Waals surface area contributed by atoms with Gasteiger partial charge in [0.2, 0.25) is 0 Å². The molecule has 0 saturated heterocycles. The Balaban J connectivity index is 2.32. The predicted molar refractivity (Wildman–Crippen MR) is 70.7 cm³/mol. The van der Waals surface area contributed by atoms with Crippen molar-refractivity contribution >= 4 is 33.4 Å². The number of benzene rings is 1. The van der Waals surface area contributed by atoms with Crippen molar-refractivity contribution in [3.05, 3.63) is 22.7 Å². The molecule has 1 aromatic carbocycles. The summed E-state index contributed by atoms with van der Waals surface area (Å²) in [6.45, 7) is 0.759. The van der Waals surface area contributed by atoms with Gasteiger partial charge in [-0.2, -0.15) is 0 Å². The van der Waals surface area contributed by atoms with Gasteiger partial charge in [0.1, 0.15) is 0 Å². The first kappa shape index (κ1) is 11.3. The van der Waals surface area contributed by atoms with E-state index in [4.69, 9.17) is 5.73 Å². The summed E-state index contributed by atoms with van der Waals surface area (Å²) in [5, 5.41) is 0. The van der Waals surface area contributed by atoms with Crippen LogP contribution >= 0.6 is 27.7 Å². The third-order valence-electron chi connectivity index (χ3n) is 2.78. The number of fused-ring (bicyclic) bond motifs is 1. The highest BCUT2D eigenvalue weighted by atomic mass is 79.9. The smallest absolute Gasteiger partial charge is 0.0648 e. The van der Waals surface area contributed by atoms with Crippen LogP contribution in [0.2, 0.25) is 0 Å². The average Bonchev–Trinajstić information content (AvgIpc) is 2.22. The molecule has 0 amide bonds. The monoisotopic (exact) mass is 286 g/mol. The van der Waals surface area contributed by atoms with Crippen molar-refractivity contribution in [1.82, 2.24) is 0 Å². The van der Waals surface area contributed by atoms with E-state index in [0.29, 0.717) is 6.04 Å². The molecule has 15 heavy (non-hydrogen) atoms. The van der Waals surface area contributed by atoms with Crippen LogP contribution < -0.4 is 10.6 Å². The lowest BCUT2D eigenvalue weighted by atomic mass is 10.1. The fraction of sp³-hybridized carbons (Fsp3) is 0.455. The number of thioether (sulfide) groups is 1. The van der Waals surface area contributed by atoms with Crippen molar-refractivity contribution in [3.8, 4) is 0 Å². The summed E-state index contributed by atoms with van der Waals surface area (Å²) in [6.07, 6.45) is 1.06. The van der Waals surface area contributed by atoms with Crippen LogP contribution in [0.4, 0.5) is 5.69 Å². The van der Waals surface area contributed by atoms with Gasteiger partial charge >= 0.3 is 0 Å². The number of hydrogen-bond donors (Lipinski definition) is 1. The minimum absolute atomic E-state index is 0.561. The van der Waals surface area contributed by atoms with E-state index in [-0.39, 0.29) is 0 Å². The van der Waals surface area contributed by atoms with Crippen LogP contribution in [0.5, 0.6) is 0 Å². The van der Waals surface area contributed by atoms with E-state index in [1.54, 1.807) is 0 Å². The topological polar surface area (TPSA) is 29.3 Å². The van der Waals surface area contributed by atoms with Crippen molar-refractivity contribution in [3.63, 3.8) is 0 Å². The molecular weight excluding hydrogens is 272 g/mol. The molecule has 0 radical (unpaired) electrons. The Kier molecular flexibility index (Phi) is 3.59. The number of nitrogens with two attached hydrogens (primary N) is 1. The largest absolute Gasteiger partial charge is 0.369 e. The zero-order valence-corrected chi connectivity index (χ0v) is 11.1. The summed E-state index contributed by atoms with van der Waals surface area (Å²) in [4.78, 5) is 3.71. The van der Waals surface area contributed by atoms with Gasteiger partial charge in [0, 0.05) is 28.2 Å². The maximum atomic E-state index is 5.63. The maximum absolute atomic E-state index is 5.63. The van der Waals surface area contributed by atoms with Gasteiger partial charge in [0.05, 0.1) is 5.69 Å². The second-order valence-electron chi connectivity index (χ2n) is 3.74. The molecule has 0 saturated carbocycles. The Labute approximate surface area is 103 Å². The van der Waals surface area contributed by atoms with Gasteiger partial charge in [-0.1, -0.05) is 6.07 Å². The van der Waals surface area contributed by atoms with E-state index in [0.717, 1.165) is 18.7 Å². The lowest BCUT2D eigenvalue weighted by Gasteiger charge is -2.36. The highest BCUT2D eigenvalue weighted by Crippen LogP contribution is 2.41. The Morgan fingerprint density at radius 1 is 1.60 bits per heavy atom. The third kappa shape index (κ3) is 2.17. The zero-order chi connectivity index (χ0) is 10.8. The SMILES string of the molecule is CN1c2c(Br)cccc2SCC1CCN. The molecule has 0 bridgehead atoms. The molecule has 82 valence electrons. The molecule has 2 rings (SSSR count). The fourth-order valence-electron chi connectivity index (χ4n) is 1.90. The predicted octanol–water partition coefficient (Wildman–Crippen LogP) is 2.71. The van der Waals surface area contributed by atoms with Gasteiger partial charge in [-0.05, 0) is 41.0 Å². The summed E-state index contributed by atoms with van der Waals surface area (Å²) in [7, 11) is 2.16. The normalized spacial score (nSPS) is 20.2. The van der Waals surface area contributed by atoms with Crippen LogP contribution in [0, 0.1) is 0 Å². The molecule has 1 aliphatic heterocycles. The minimum atomic E-state index is 0.561. The van der Waals surface area contributed by atoms with Gasteiger partial charge in [0.15, 0.2) is 0 Å². The first-order chi connectivity index (χ1) is 7.24. The van der Waals surface area contributed by atoms with Crippen LogP contribution in [0.15, 0.2) is 27.6 Å². The van der Waals surface area contributed by atoms with E-state index in [1.165, 1.54) is 15.1 Å². The number of anilines is 1. The lowest BCUT2D eigenvalue weighted by molar-refractivity contribution is 0.632. The number of para-hydroxylation sites is 1. The molecular formula is C11H15BrN2S. The van der Waals surface area contributed by atoms with E-state index in [1.807, 2.05) is 11.8 Å². The maximum Gasteiger partial charge on any atom is 0.0648 e. The second-order valence-corrected chi connectivity index (χ2v) is 5.66. The molecule has 1 heterocycles. The Morgan fingerprint density at radius 3 is 3.13 bits per heavy atom. The molecule has 1 aliphatic rings. The van der Waals surface area contributed by atoms with Crippen LogP contribution in [-0.2, 0) is 0 Å². The molecule has 4 heteroatoms. The molecule has 1 aromatic rings. The molecule has 1 atom stereocenters. The Hall–Kier alpha value is -0.190. The van der Waals surface area contributed by atoms with Gasteiger partial charge in [0.25, 0.3) is 0 Å². The number of hydrogen-bond acceptors (Lipinski definition) is 3. The number of rotatable bonds is 2. The summed E-state index contributed by atoms with van der Waals surface area (Å²) >= 11 is 5.54. The number of halogens is 1. The van der Waals surface area contributed by atoms with Gasteiger partial charge < -0.3 is 10.6 Å². The van der Waals surface area contributed by atoms with Crippen LogP contribution in [0.25, 0.3) is 0 Å². The highest BCUT2D eigenvalue weighted by molar-refractivity contribution is 9.10. The van der Waals surface area contributed by atoms with Crippen molar-refractivity contribution in [2.75, 3.05) is 24.2 Å².